The molecule has 3 heterocycles. The molecule has 0 aliphatic carbocycles. The van der Waals surface area contributed by atoms with Crippen LogP contribution in [0.15, 0.2) is 55.4 Å². The molecular formula is C23H17ClF2N8. The maximum atomic E-state index is 14.2. The van der Waals surface area contributed by atoms with Crippen LogP contribution in [0.3, 0.4) is 0 Å². The molecule has 0 saturated carbocycles. The van der Waals surface area contributed by atoms with Crippen LogP contribution in [0.5, 0.6) is 0 Å². The van der Waals surface area contributed by atoms with Gasteiger partial charge in [0.2, 0.25) is 5.95 Å². The van der Waals surface area contributed by atoms with Crippen molar-refractivity contribution in [3.63, 3.8) is 0 Å². The van der Waals surface area contributed by atoms with Crippen LogP contribution in [-0.4, -0.2) is 29.9 Å². The Balaban J connectivity index is 1.71. The largest absolute Gasteiger partial charge is 0.368 e. The number of H-pyrrole nitrogens is 1. The minimum atomic E-state index is -0.704. The van der Waals surface area contributed by atoms with Crippen molar-refractivity contribution in [2.45, 2.75) is 13.0 Å². The molecule has 0 spiro atoms. The molecule has 0 amide bonds. The van der Waals surface area contributed by atoms with Crippen molar-refractivity contribution in [1.82, 2.24) is 29.9 Å². The van der Waals surface area contributed by atoms with Crippen molar-refractivity contribution < 1.29 is 8.78 Å². The lowest BCUT2D eigenvalue weighted by molar-refractivity contribution is 0.584. The fraction of sp³-hybridized carbons (Fsp3) is 0.0870. The van der Waals surface area contributed by atoms with E-state index in [1.54, 1.807) is 12.1 Å². The molecule has 0 aliphatic rings. The number of fused-ring (bicyclic) bond motifs is 1. The first-order chi connectivity index (χ1) is 16.4. The summed E-state index contributed by atoms with van der Waals surface area (Å²) in [6.45, 7) is 1.88. The smallest absolute Gasteiger partial charge is 0.219 e. The van der Waals surface area contributed by atoms with Gasteiger partial charge in [-0.25, -0.2) is 33.7 Å². The van der Waals surface area contributed by atoms with Crippen molar-refractivity contribution >= 4 is 34.5 Å². The Labute approximate surface area is 197 Å². The summed E-state index contributed by atoms with van der Waals surface area (Å²) in [6.07, 6.45) is 6.00. The molecule has 8 nitrogen and oxygen atoms in total. The van der Waals surface area contributed by atoms with Gasteiger partial charge >= 0.3 is 0 Å². The van der Waals surface area contributed by atoms with Crippen LogP contribution in [0.25, 0.3) is 33.4 Å². The second-order valence-electron chi connectivity index (χ2n) is 7.59. The lowest BCUT2D eigenvalue weighted by Crippen LogP contribution is -2.11. The number of nitrogens with two attached hydrogens (primary N) is 1. The van der Waals surface area contributed by atoms with Crippen molar-refractivity contribution in [3.05, 3.63) is 77.6 Å². The molecular weight excluding hydrogens is 462 g/mol. The highest BCUT2D eigenvalue weighted by atomic mass is 35.5. The number of hydrogen-bond donors (Lipinski definition) is 3. The molecule has 0 radical (unpaired) electrons. The van der Waals surface area contributed by atoms with E-state index < -0.39 is 17.7 Å². The molecule has 0 aliphatic heterocycles. The number of aromatic nitrogens is 6. The van der Waals surface area contributed by atoms with Gasteiger partial charge in [-0.2, -0.15) is 0 Å². The van der Waals surface area contributed by atoms with E-state index >= 15 is 0 Å². The summed E-state index contributed by atoms with van der Waals surface area (Å²) in [7, 11) is 0. The Kier molecular flexibility index (Phi) is 5.50. The zero-order valence-electron chi connectivity index (χ0n) is 17.7. The topological polar surface area (TPSA) is 118 Å². The Morgan fingerprint density at radius 3 is 2.41 bits per heavy atom. The molecule has 11 heteroatoms. The first-order valence-corrected chi connectivity index (χ1v) is 10.6. The van der Waals surface area contributed by atoms with Gasteiger partial charge < -0.3 is 16.0 Å². The summed E-state index contributed by atoms with van der Waals surface area (Å²) in [5.74, 6) is -0.811. The Hall–Kier alpha value is -4.18. The molecule has 0 bridgehead atoms. The lowest BCUT2D eigenvalue weighted by atomic mass is 9.88. The molecule has 1 unspecified atom stereocenters. The number of halogens is 3. The molecule has 5 aromatic rings. The molecule has 2 aromatic carbocycles. The third-order valence-corrected chi connectivity index (χ3v) is 5.52. The molecule has 170 valence electrons. The van der Waals surface area contributed by atoms with Crippen LogP contribution in [0.2, 0.25) is 5.02 Å². The van der Waals surface area contributed by atoms with Crippen LogP contribution in [-0.2, 0) is 0 Å². The molecule has 0 fully saturated rings. The standard InChI is InChI=1S/C23H17ClF2N8/c1-11(34-22-20-21(31-9-30-20)32-10-33-22)17-4-14(24)5-18(13-7-28-23(27)29-8-13)19(17)12-2-15(25)6-16(26)3-12/h2-11H,1H3,(H2,27,28,29)(H2,30,31,32,33,34). The number of rotatable bonds is 5. The van der Waals surface area contributed by atoms with Crippen molar-refractivity contribution in [3.8, 4) is 22.3 Å². The summed E-state index contributed by atoms with van der Waals surface area (Å²) in [5.41, 5.74) is 9.51. The summed E-state index contributed by atoms with van der Waals surface area (Å²) >= 11 is 6.49. The summed E-state index contributed by atoms with van der Waals surface area (Å²) < 4.78 is 28.5. The highest BCUT2D eigenvalue weighted by molar-refractivity contribution is 6.31. The second-order valence-corrected chi connectivity index (χ2v) is 8.03. The average Bonchev–Trinajstić information content (AvgIpc) is 3.28. The minimum Gasteiger partial charge on any atom is -0.368 e. The third-order valence-electron chi connectivity index (χ3n) is 5.30. The maximum absolute atomic E-state index is 14.2. The zero-order valence-corrected chi connectivity index (χ0v) is 18.5. The normalized spacial score (nSPS) is 12.1. The predicted molar refractivity (Wildman–Crippen MR) is 126 cm³/mol. The van der Waals surface area contributed by atoms with Gasteiger partial charge in [-0.05, 0) is 53.4 Å². The Morgan fingerprint density at radius 1 is 0.941 bits per heavy atom. The maximum Gasteiger partial charge on any atom is 0.219 e. The van der Waals surface area contributed by atoms with E-state index in [2.05, 4.69) is 35.2 Å². The Bertz CT molecular complexity index is 1480. The fourth-order valence-electron chi connectivity index (χ4n) is 3.85. The molecule has 3 aromatic heterocycles. The quantitative estimate of drug-likeness (QED) is 0.319. The third kappa shape index (κ3) is 4.11. The number of hydrogen-bond acceptors (Lipinski definition) is 7. The number of anilines is 2. The van der Waals surface area contributed by atoms with Gasteiger partial charge in [0.05, 0.1) is 12.4 Å². The first-order valence-electron chi connectivity index (χ1n) is 10.2. The van der Waals surface area contributed by atoms with Gasteiger partial charge in [-0.3, -0.25) is 0 Å². The van der Waals surface area contributed by atoms with E-state index in [9.17, 15) is 8.78 Å². The fourth-order valence-corrected chi connectivity index (χ4v) is 4.07. The number of aromatic amines is 1. The lowest BCUT2D eigenvalue weighted by Gasteiger charge is -2.22. The summed E-state index contributed by atoms with van der Waals surface area (Å²) in [6, 6.07) is 6.38. The summed E-state index contributed by atoms with van der Waals surface area (Å²) in [5, 5.41) is 3.73. The van der Waals surface area contributed by atoms with E-state index in [-0.39, 0.29) is 5.95 Å². The molecule has 4 N–H and O–H groups in total. The number of nitrogen functional groups attached to an aromatic ring is 1. The molecule has 5 rings (SSSR count). The number of imidazole rings is 1. The van der Waals surface area contributed by atoms with Crippen molar-refractivity contribution in [1.29, 1.82) is 0 Å². The van der Waals surface area contributed by atoms with Gasteiger partial charge in [0.1, 0.15) is 23.5 Å². The molecule has 0 saturated heterocycles. The predicted octanol–water partition coefficient (Wildman–Crippen LogP) is 5.16. The number of benzene rings is 2. The minimum absolute atomic E-state index is 0.103. The van der Waals surface area contributed by atoms with Gasteiger partial charge in [0.15, 0.2) is 11.5 Å². The average molecular weight is 479 g/mol. The molecule has 34 heavy (non-hydrogen) atoms. The van der Waals surface area contributed by atoms with E-state index in [4.69, 9.17) is 17.3 Å². The number of nitrogens with zero attached hydrogens (tertiary/aromatic N) is 5. The van der Waals surface area contributed by atoms with Crippen LogP contribution in [0, 0.1) is 11.6 Å². The highest BCUT2D eigenvalue weighted by Gasteiger charge is 2.21. The SMILES string of the molecule is CC(Nc1ncnc2[nH]cnc12)c1cc(Cl)cc(-c2cnc(N)nc2)c1-c1cc(F)cc(F)c1. The van der Waals surface area contributed by atoms with Gasteiger partial charge in [-0.1, -0.05) is 11.6 Å². The summed E-state index contributed by atoms with van der Waals surface area (Å²) in [4.78, 5) is 23.8. The van der Waals surface area contributed by atoms with Gasteiger partial charge in [0, 0.05) is 29.0 Å². The van der Waals surface area contributed by atoms with Crippen LogP contribution in [0.4, 0.5) is 20.5 Å². The van der Waals surface area contributed by atoms with E-state index in [0.29, 0.717) is 49.8 Å². The van der Waals surface area contributed by atoms with Gasteiger partial charge in [0.25, 0.3) is 0 Å². The van der Waals surface area contributed by atoms with E-state index in [1.165, 1.54) is 37.2 Å². The monoisotopic (exact) mass is 478 g/mol. The van der Waals surface area contributed by atoms with Crippen LogP contribution < -0.4 is 11.1 Å². The first kappa shape index (κ1) is 21.7. The zero-order chi connectivity index (χ0) is 23.8. The van der Waals surface area contributed by atoms with Crippen LogP contribution in [0.1, 0.15) is 18.5 Å². The number of nitrogens with one attached hydrogen (secondary N) is 2. The highest BCUT2D eigenvalue weighted by Crippen LogP contribution is 2.41. The van der Waals surface area contributed by atoms with Crippen LogP contribution >= 0.6 is 11.6 Å². The van der Waals surface area contributed by atoms with Crippen molar-refractivity contribution in [2.75, 3.05) is 11.1 Å². The van der Waals surface area contributed by atoms with E-state index in [1.807, 2.05) is 6.92 Å². The van der Waals surface area contributed by atoms with Crippen molar-refractivity contribution in [2.24, 2.45) is 0 Å². The van der Waals surface area contributed by atoms with Gasteiger partial charge in [-0.15, -0.1) is 0 Å². The Morgan fingerprint density at radius 2 is 1.68 bits per heavy atom. The second kappa shape index (κ2) is 8.64. The molecule has 1 atom stereocenters. The van der Waals surface area contributed by atoms with E-state index in [0.717, 1.165) is 6.07 Å².